The highest BCUT2D eigenvalue weighted by atomic mass is 32.1. The van der Waals surface area contributed by atoms with Crippen molar-refractivity contribution in [1.29, 1.82) is 0 Å². The third-order valence-corrected chi connectivity index (χ3v) is 3.08. The third-order valence-electron chi connectivity index (χ3n) is 2.72. The molecule has 0 spiro atoms. The zero-order valence-electron chi connectivity index (χ0n) is 12.9. The highest BCUT2D eigenvalue weighted by Gasteiger charge is 2.35. The van der Waals surface area contributed by atoms with E-state index in [2.05, 4.69) is 51.0 Å². The van der Waals surface area contributed by atoms with Gasteiger partial charge in [0.25, 0.3) is 0 Å². The van der Waals surface area contributed by atoms with E-state index in [9.17, 15) is 4.79 Å². The molecule has 0 aliphatic rings. The summed E-state index contributed by atoms with van der Waals surface area (Å²) in [5, 5.41) is 6.36. The van der Waals surface area contributed by atoms with Gasteiger partial charge in [0.05, 0.1) is 4.75 Å². The lowest BCUT2D eigenvalue weighted by Crippen LogP contribution is -2.47. The summed E-state index contributed by atoms with van der Waals surface area (Å²) in [5.41, 5.74) is 0.0368. The molecule has 0 fully saturated rings. The summed E-state index contributed by atoms with van der Waals surface area (Å²) >= 11 is 4.55. The fourth-order valence-electron chi connectivity index (χ4n) is 1.97. The van der Waals surface area contributed by atoms with Crippen LogP contribution in [0, 0.1) is 5.41 Å². The molecule has 0 rings (SSSR count). The van der Waals surface area contributed by atoms with Crippen LogP contribution in [0.5, 0.6) is 0 Å². The molecule has 0 aromatic carbocycles. The Kier molecular flexibility index (Phi) is 6.72. The Bertz CT molecular complexity index is 273. The monoisotopic (exact) mass is 274 g/mol. The molecule has 0 bridgehead atoms. The van der Waals surface area contributed by atoms with Gasteiger partial charge < -0.3 is 10.6 Å². The molecule has 3 nitrogen and oxygen atoms in total. The Labute approximate surface area is 118 Å². The van der Waals surface area contributed by atoms with Gasteiger partial charge in [-0.3, -0.25) is 4.79 Å². The van der Waals surface area contributed by atoms with Crippen LogP contribution in [0.15, 0.2) is 0 Å². The van der Waals surface area contributed by atoms with Crippen molar-refractivity contribution in [2.24, 2.45) is 5.41 Å². The van der Waals surface area contributed by atoms with Gasteiger partial charge in [-0.2, -0.15) is 12.6 Å². The number of thiol groups is 1. The molecule has 0 saturated heterocycles. The lowest BCUT2D eigenvalue weighted by molar-refractivity contribution is -0.124. The Morgan fingerprint density at radius 1 is 1.11 bits per heavy atom. The van der Waals surface area contributed by atoms with E-state index < -0.39 is 4.75 Å². The molecule has 1 amide bonds. The smallest absolute Gasteiger partial charge is 0.235 e. The van der Waals surface area contributed by atoms with E-state index in [0.29, 0.717) is 6.04 Å². The zero-order valence-corrected chi connectivity index (χ0v) is 13.8. The van der Waals surface area contributed by atoms with Crippen LogP contribution in [0.4, 0.5) is 0 Å². The van der Waals surface area contributed by atoms with Crippen LogP contribution >= 0.6 is 12.6 Å². The molecular weight excluding hydrogens is 244 g/mol. The van der Waals surface area contributed by atoms with Gasteiger partial charge in [0, 0.05) is 18.6 Å². The molecule has 108 valence electrons. The lowest BCUT2D eigenvalue weighted by atomic mass is 9.82. The number of nitrogens with one attached hydrogen (secondary N) is 2. The molecule has 0 aromatic rings. The maximum Gasteiger partial charge on any atom is 0.235 e. The second-order valence-corrected chi connectivity index (χ2v) is 7.77. The molecule has 0 aromatic heterocycles. The first-order valence-electron chi connectivity index (χ1n) is 6.73. The van der Waals surface area contributed by atoms with Crippen LogP contribution < -0.4 is 10.6 Å². The maximum absolute atomic E-state index is 12.1. The lowest BCUT2D eigenvalue weighted by Gasteiger charge is -2.34. The van der Waals surface area contributed by atoms with Crippen LogP contribution in [0.25, 0.3) is 0 Å². The van der Waals surface area contributed by atoms with Crippen molar-refractivity contribution in [2.45, 2.75) is 71.7 Å². The fourth-order valence-corrected chi connectivity index (χ4v) is 2.47. The van der Waals surface area contributed by atoms with E-state index in [-0.39, 0.29) is 17.4 Å². The normalized spacial score (nSPS) is 15.9. The molecule has 0 aliphatic carbocycles. The van der Waals surface area contributed by atoms with Crippen molar-refractivity contribution in [3.05, 3.63) is 0 Å². The van der Waals surface area contributed by atoms with E-state index in [1.807, 2.05) is 20.8 Å². The highest BCUT2D eigenvalue weighted by Crippen LogP contribution is 2.32. The first-order chi connectivity index (χ1) is 7.96. The van der Waals surface area contributed by atoms with Crippen LogP contribution in [-0.2, 0) is 4.79 Å². The molecule has 1 unspecified atom stereocenters. The van der Waals surface area contributed by atoms with Crippen molar-refractivity contribution in [3.63, 3.8) is 0 Å². The molecular formula is C14H30N2OS. The van der Waals surface area contributed by atoms with E-state index in [1.54, 1.807) is 0 Å². The first-order valence-corrected chi connectivity index (χ1v) is 7.18. The van der Waals surface area contributed by atoms with Gasteiger partial charge in [-0.1, -0.05) is 27.7 Å². The van der Waals surface area contributed by atoms with Crippen LogP contribution in [0.3, 0.4) is 0 Å². The minimum absolute atomic E-state index is 0.0125. The van der Waals surface area contributed by atoms with Crippen LogP contribution in [-0.4, -0.2) is 29.3 Å². The topological polar surface area (TPSA) is 41.1 Å². The molecule has 18 heavy (non-hydrogen) atoms. The Hall–Kier alpha value is -0.220. The minimum Gasteiger partial charge on any atom is -0.353 e. The number of rotatable bonds is 7. The van der Waals surface area contributed by atoms with Gasteiger partial charge in [0.1, 0.15) is 0 Å². The summed E-state index contributed by atoms with van der Waals surface area (Å²) in [6.07, 6.45) is 0.737. The summed E-state index contributed by atoms with van der Waals surface area (Å²) < 4.78 is -0.633. The van der Waals surface area contributed by atoms with E-state index in [4.69, 9.17) is 0 Å². The van der Waals surface area contributed by atoms with Gasteiger partial charge in [-0.25, -0.2) is 0 Å². The van der Waals surface area contributed by atoms with Gasteiger partial charge in [-0.15, -0.1) is 0 Å². The minimum atomic E-state index is -0.633. The standard InChI is InChI=1S/C14H30N2OS/c1-10(2)15-9-13(5,6)8-14(7,18)12(17)16-11(3)4/h10-11,15,18H,8-9H2,1-7H3,(H,16,17). The molecule has 2 N–H and O–H groups in total. The summed E-state index contributed by atoms with van der Waals surface area (Å²) in [6.45, 7) is 15.3. The van der Waals surface area contributed by atoms with Crippen molar-refractivity contribution in [3.8, 4) is 0 Å². The molecule has 4 heteroatoms. The van der Waals surface area contributed by atoms with Crippen LogP contribution in [0.1, 0.15) is 54.9 Å². The average molecular weight is 274 g/mol. The summed E-state index contributed by atoms with van der Waals surface area (Å²) in [6, 6.07) is 0.612. The average Bonchev–Trinajstić information content (AvgIpc) is 2.12. The van der Waals surface area contributed by atoms with Gasteiger partial charge in [0.2, 0.25) is 5.91 Å². The molecule has 0 saturated carbocycles. The predicted molar refractivity (Wildman–Crippen MR) is 82.2 cm³/mol. The summed E-state index contributed by atoms with van der Waals surface area (Å²) in [5.74, 6) is 0.0125. The van der Waals surface area contributed by atoms with Crippen LogP contribution in [0.2, 0.25) is 0 Å². The van der Waals surface area contributed by atoms with Gasteiger partial charge in [-0.05, 0) is 32.6 Å². The summed E-state index contributed by atoms with van der Waals surface area (Å²) in [7, 11) is 0. The fraction of sp³-hybridized carbons (Fsp3) is 0.929. The number of hydrogen-bond donors (Lipinski definition) is 3. The van der Waals surface area contributed by atoms with Gasteiger partial charge in [0.15, 0.2) is 0 Å². The van der Waals surface area contributed by atoms with Crippen molar-refractivity contribution in [2.75, 3.05) is 6.54 Å². The number of amides is 1. The molecule has 0 heterocycles. The molecule has 0 radical (unpaired) electrons. The largest absolute Gasteiger partial charge is 0.353 e. The highest BCUT2D eigenvalue weighted by molar-refractivity contribution is 7.82. The van der Waals surface area contributed by atoms with E-state index in [0.717, 1.165) is 13.0 Å². The van der Waals surface area contributed by atoms with E-state index in [1.165, 1.54) is 0 Å². The predicted octanol–water partition coefficient (Wildman–Crippen LogP) is 2.61. The SMILES string of the molecule is CC(C)NCC(C)(C)CC(C)(S)C(=O)NC(C)C. The maximum atomic E-state index is 12.1. The van der Waals surface area contributed by atoms with Crippen molar-refractivity contribution >= 4 is 18.5 Å². The van der Waals surface area contributed by atoms with Crippen molar-refractivity contribution < 1.29 is 4.79 Å². The first kappa shape index (κ1) is 17.8. The number of carbonyl (C=O) groups excluding carboxylic acids is 1. The number of hydrogen-bond acceptors (Lipinski definition) is 3. The Morgan fingerprint density at radius 2 is 1.61 bits per heavy atom. The number of carbonyl (C=O) groups is 1. The third kappa shape index (κ3) is 7.27. The zero-order chi connectivity index (χ0) is 14.6. The second-order valence-electron chi connectivity index (χ2n) is 6.78. The Balaban J connectivity index is 4.49. The van der Waals surface area contributed by atoms with E-state index >= 15 is 0 Å². The van der Waals surface area contributed by atoms with Gasteiger partial charge >= 0.3 is 0 Å². The quantitative estimate of drug-likeness (QED) is 0.625. The Morgan fingerprint density at radius 3 is 2.00 bits per heavy atom. The second kappa shape index (κ2) is 6.80. The van der Waals surface area contributed by atoms with Crippen molar-refractivity contribution in [1.82, 2.24) is 10.6 Å². The summed E-state index contributed by atoms with van der Waals surface area (Å²) in [4.78, 5) is 12.1. The molecule has 0 aliphatic heterocycles. The molecule has 1 atom stereocenters.